The van der Waals surface area contributed by atoms with Gasteiger partial charge in [-0.05, 0) is 37.3 Å². The summed E-state index contributed by atoms with van der Waals surface area (Å²) in [7, 11) is 0. The standard InChI is InChI=1S/C16H20N2O/c17-10-13-4-2-1-3-12(13)9-14-11-19-8-7-16(14)18-15-5-6-15/h1-4,14-16,18H,5-9,11H2. The number of nitriles is 1. The first-order valence-corrected chi connectivity index (χ1v) is 7.18. The van der Waals surface area contributed by atoms with Crippen LogP contribution in [0.1, 0.15) is 30.4 Å². The average molecular weight is 256 g/mol. The summed E-state index contributed by atoms with van der Waals surface area (Å²) >= 11 is 0. The van der Waals surface area contributed by atoms with Crippen molar-refractivity contribution in [1.29, 1.82) is 5.26 Å². The van der Waals surface area contributed by atoms with Gasteiger partial charge in [0.15, 0.2) is 0 Å². The van der Waals surface area contributed by atoms with E-state index in [1.54, 1.807) is 0 Å². The van der Waals surface area contributed by atoms with Gasteiger partial charge in [-0.15, -0.1) is 0 Å². The van der Waals surface area contributed by atoms with Gasteiger partial charge in [0.2, 0.25) is 0 Å². The van der Waals surface area contributed by atoms with Crippen LogP contribution in [0.2, 0.25) is 0 Å². The van der Waals surface area contributed by atoms with Gasteiger partial charge in [-0.3, -0.25) is 0 Å². The molecule has 0 spiro atoms. The van der Waals surface area contributed by atoms with Crippen molar-refractivity contribution in [1.82, 2.24) is 5.32 Å². The van der Waals surface area contributed by atoms with Crippen molar-refractivity contribution < 1.29 is 4.74 Å². The lowest BCUT2D eigenvalue weighted by Gasteiger charge is -2.32. The molecule has 3 rings (SSSR count). The molecule has 0 bridgehead atoms. The Morgan fingerprint density at radius 1 is 1.26 bits per heavy atom. The Morgan fingerprint density at radius 2 is 2.11 bits per heavy atom. The summed E-state index contributed by atoms with van der Waals surface area (Å²) in [4.78, 5) is 0. The number of hydrogen-bond donors (Lipinski definition) is 1. The third-order valence-electron chi connectivity index (χ3n) is 4.12. The Kier molecular flexibility index (Phi) is 3.82. The molecule has 19 heavy (non-hydrogen) atoms. The van der Waals surface area contributed by atoms with Crippen LogP contribution in [0.5, 0.6) is 0 Å². The minimum Gasteiger partial charge on any atom is -0.381 e. The molecule has 2 atom stereocenters. The molecule has 1 saturated heterocycles. The SMILES string of the molecule is N#Cc1ccccc1CC1COCCC1NC1CC1. The van der Waals surface area contributed by atoms with E-state index < -0.39 is 0 Å². The molecule has 100 valence electrons. The molecular weight excluding hydrogens is 236 g/mol. The van der Waals surface area contributed by atoms with Crippen molar-refractivity contribution >= 4 is 0 Å². The largest absolute Gasteiger partial charge is 0.381 e. The van der Waals surface area contributed by atoms with Crippen molar-refractivity contribution in [2.75, 3.05) is 13.2 Å². The lowest BCUT2D eigenvalue weighted by molar-refractivity contribution is 0.0316. The summed E-state index contributed by atoms with van der Waals surface area (Å²) in [5.74, 6) is 0.490. The van der Waals surface area contributed by atoms with Gasteiger partial charge in [-0.1, -0.05) is 18.2 Å². The summed E-state index contributed by atoms with van der Waals surface area (Å²) in [6.45, 7) is 1.67. The fourth-order valence-electron chi connectivity index (χ4n) is 2.86. The highest BCUT2D eigenvalue weighted by atomic mass is 16.5. The molecule has 1 saturated carbocycles. The van der Waals surface area contributed by atoms with Gasteiger partial charge in [-0.2, -0.15) is 5.26 Å². The summed E-state index contributed by atoms with van der Waals surface area (Å²) in [5.41, 5.74) is 1.96. The zero-order valence-electron chi connectivity index (χ0n) is 11.1. The second-order valence-electron chi connectivity index (χ2n) is 5.64. The van der Waals surface area contributed by atoms with Gasteiger partial charge < -0.3 is 10.1 Å². The highest BCUT2D eigenvalue weighted by molar-refractivity contribution is 5.37. The summed E-state index contributed by atoms with van der Waals surface area (Å²) < 4.78 is 5.64. The number of benzene rings is 1. The molecule has 2 aliphatic rings. The van der Waals surface area contributed by atoms with Gasteiger partial charge in [0.1, 0.15) is 0 Å². The van der Waals surface area contributed by atoms with Gasteiger partial charge >= 0.3 is 0 Å². The minimum atomic E-state index is 0.490. The highest BCUT2D eigenvalue weighted by Crippen LogP contribution is 2.26. The first kappa shape index (κ1) is 12.7. The lowest BCUT2D eigenvalue weighted by Crippen LogP contribution is -2.44. The fraction of sp³-hybridized carbons (Fsp3) is 0.562. The summed E-state index contributed by atoms with van der Waals surface area (Å²) in [6.07, 6.45) is 4.67. The van der Waals surface area contributed by atoms with E-state index in [1.807, 2.05) is 18.2 Å². The predicted octanol–water partition coefficient (Wildman–Crippen LogP) is 2.26. The molecule has 1 aliphatic heterocycles. The van der Waals surface area contributed by atoms with E-state index in [-0.39, 0.29) is 0 Å². The molecule has 0 radical (unpaired) electrons. The fourth-order valence-corrected chi connectivity index (χ4v) is 2.86. The Bertz CT molecular complexity index is 476. The van der Waals surface area contributed by atoms with E-state index in [0.717, 1.165) is 43.2 Å². The van der Waals surface area contributed by atoms with Crippen LogP contribution in [0.4, 0.5) is 0 Å². The Balaban J connectivity index is 1.70. The Labute approximate surface area is 114 Å². The van der Waals surface area contributed by atoms with Crippen molar-refractivity contribution in [3.05, 3.63) is 35.4 Å². The van der Waals surface area contributed by atoms with Gasteiger partial charge in [0.25, 0.3) is 0 Å². The molecular formula is C16H20N2O. The maximum Gasteiger partial charge on any atom is 0.0994 e. The molecule has 0 aromatic heterocycles. The predicted molar refractivity (Wildman–Crippen MR) is 73.7 cm³/mol. The van der Waals surface area contributed by atoms with E-state index in [0.29, 0.717) is 12.0 Å². The van der Waals surface area contributed by atoms with Crippen LogP contribution in [0.3, 0.4) is 0 Å². The van der Waals surface area contributed by atoms with E-state index in [1.165, 1.54) is 12.8 Å². The first-order valence-electron chi connectivity index (χ1n) is 7.18. The second-order valence-corrected chi connectivity index (χ2v) is 5.64. The average Bonchev–Trinajstić information content (AvgIpc) is 3.26. The molecule has 2 unspecified atom stereocenters. The summed E-state index contributed by atoms with van der Waals surface area (Å²) in [5, 5.41) is 12.9. The Morgan fingerprint density at radius 3 is 2.89 bits per heavy atom. The van der Waals surface area contributed by atoms with Crippen LogP contribution >= 0.6 is 0 Å². The number of nitrogens with zero attached hydrogens (tertiary/aromatic N) is 1. The monoisotopic (exact) mass is 256 g/mol. The van der Waals surface area contributed by atoms with Crippen LogP contribution < -0.4 is 5.32 Å². The quantitative estimate of drug-likeness (QED) is 0.898. The molecule has 1 aliphatic carbocycles. The molecule has 1 aromatic rings. The van der Waals surface area contributed by atoms with Gasteiger partial charge in [-0.25, -0.2) is 0 Å². The van der Waals surface area contributed by atoms with E-state index in [9.17, 15) is 5.26 Å². The minimum absolute atomic E-state index is 0.490. The number of ether oxygens (including phenoxy) is 1. The molecule has 1 N–H and O–H groups in total. The normalized spacial score (nSPS) is 26.9. The maximum atomic E-state index is 9.17. The first-order chi connectivity index (χ1) is 9.36. The second kappa shape index (κ2) is 5.73. The van der Waals surface area contributed by atoms with Crippen LogP contribution in [-0.2, 0) is 11.2 Å². The highest BCUT2D eigenvalue weighted by Gasteiger charge is 2.31. The van der Waals surface area contributed by atoms with Crippen molar-refractivity contribution in [2.45, 2.75) is 37.8 Å². The molecule has 3 heteroatoms. The molecule has 1 aromatic carbocycles. The van der Waals surface area contributed by atoms with E-state index >= 15 is 0 Å². The van der Waals surface area contributed by atoms with Crippen LogP contribution in [0.15, 0.2) is 24.3 Å². The van der Waals surface area contributed by atoms with Crippen molar-refractivity contribution in [3.8, 4) is 6.07 Å². The van der Waals surface area contributed by atoms with Crippen molar-refractivity contribution in [2.24, 2.45) is 5.92 Å². The van der Waals surface area contributed by atoms with Crippen LogP contribution in [-0.4, -0.2) is 25.3 Å². The topological polar surface area (TPSA) is 45.0 Å². The third-order valence-corrected chi connectivity index (χ3v) is 4.12. The molecule has 1 heterocycles. The number of hydrogen-bond acceptors (Lipinski definition) is 3. The molecule has 2 fully saturated rings. The van der Waals surface area contributed by atoms with Crippen LogP contribution in [0.25, 0.3) is 0 Å². The van der Waals surface area contributed by atoms with Crippen LogP contribution in [0, 0.1) is 17.2 Å². The number of rotatable bonds is 4. The van der Waals surface area contributed by atoms with E-state index in [2.05, 4.69) is 17.5 Å². The maximum absolute atomic E-state index is 9.17. The third kappa shape index (κ3) is 3.15. The van der Waals surface area contributed by atoms with Crippen molar-refractivity contribution in [3.63, 3.8) is 0 Å². The molecule has 3 nitrogen and oxygen atoms in total. The van der Waals surface area contributed by atoms with E-state index in [4.69, 9.17) is 4.74 Å². The van der Waals surface area contributed by atoms with Gasteiger partial charge in [0.05, 0.1) is 18.2 Å². The number of nitrogens with one attached hydrogen (secondary N) is 1. The van der Waals surface area contributed by atoms with Gasteiger partial charge in [0, 0.05) is 24.6 Å². The summed E-state index contributed by atoms with van der Waals surface area (Å²) in [6, 6.07) is 11.5. The molecule has 0 amide bonds. The zero-order chi connectivity index (χ0) is 13.1. The zero-order valence-corrected chi connectivity index (χ0v) is 11.1. The smallest absolute Gasteiger partial charge is 0.0994 e. The lowest BCUT2D eigenvalue weighted by atomic mass is 9.88. The Hall–Kier alpha value is -1.37.